The van der Waals surface area contributed by atoms with Crippen molar-refractivity contribution in [3.8, 4) is 0 Å². The maximum absolute atomic E-state index is 13.0. The van der Waals surface area contributed by atoms with Gasteiger partial charge in [-0.2, -0.15) is 0 Å². The Kier molecular flexibility index (Phi) is 3.83. The van der Waals surface area contributed by atoms with Gasteiger partial charge in [0.2, 0.25) is 0 Å². The smallest absolute Gasteiger partial charge is 0.358 e. The van der Waals surface area contributed by atoms with Crippen LogP contribution in [0.3, 0.4) is 0 Å². The Labute approximate surface area is 115 Å². The van der Waals surface area contributed by atoms with Gasteiger partial charge in [0.05, 0.1) is 0 Å². The maximum Gasteiger partial charge on any atom is 0.358 e. The number of aromatic carboxylic acids is 1. The summed E-state index contributed by atoms with van der Waals surface area (Å²) >= 11 is 0. The summed E-state index contributed by atoms with van der Waals surface area (Å²) in [6.07, 6.45) is 2.21. The Morgan fingerprint density at radius 2 is 1.62 bits per heavy atom. The van der Waals surface area contributed by atoms with E-state index in [1.807, 2.05) is 5.32 Å². The summed E-state index contributed by atoms with van der Waals surface area (Å²) in [6.45, 7) is 0. The minimum Gasteiger partial charge on any atom is -0.476 e. The molecule has 1 aromatic heterocycles. The van der Waals surface area contributed by atoms with Crippen LogP contribution in [0.15, 0.2) is 24.5 Å². The third-order valence-corrected chi connectivity index (χ3v) is 2.38. The van der Waals surface area contributed by atoms with E-state index < -0.39 is 46.4 Å². The van der Waals surface area contributed by atoms with Gasteiger partial charge in [0, 0.05) is 18.0 Å². The molecule has 2 rings (SSSR count). The minimum absolute atomic E-state index is 0.403. The van der Waals surface area contributed by atoms with E-state index in [-0.39, 0.29) is 0 Å². The second-order valence-corrected chi connectivity index (χ2v) is 3.77. The molecule has 6 nitrogen and oxygen atoms in total. The number of amides is 1. The third-order valence-electron chi connectivity index (χ3n) is 2.38. The molecule has 0 saturated carbocycles. The average Bonchev–Trinajstić information content (AvgIpc) is 2.44. The number of rotatable bonds is 3. The Balaban J connectivity index is 2.33. The summed E-state index contributed by atoms with van der Waals surface area (Å²) in [6, 6.07) is 0.953. The molecule has 0 aliphatic rings. The Morgan fingerprint density at radius 3 is 2.19 bits per heavy atom. The molecule has 9 heteroatoms. The first-order valence-electron chi connectivity index (χ1n) is 5.40. The zero-order valence-electron chi connectivity index (χ0n) is 10.1. The van der Waals surface area contributed by atoms with Crippen molar-refractivity contribution in [3.05, 3.63) is 53.2 Å². The quantitative estimate of drug-likeness (QED) is 0.843. The van der Waals surface area contributed by atoms with E-state index in [1.165, 1.54) is 0 Å². The van der Waals surface area contributed by atoms with Crippen molar-refractivity contribution in [1.82, 2.24) is 9.97 Å². The van der Waals surface area contributed by atoms with Gasteiger partial charge in [-0.1, -0.05) is 0 Å². The molecule has 0 bridgehead atoms. The van der Waals surface area contributed by atoms with Crippen molar-refractivity contribution in [3.63, 3.8) is 0 Å². The second-order valence-electron chi connectivity index (χ2n) is 3.77. The molecule has 1 aromatic carbocycles. The van der Waals surface area contributed by atoms with Crippen LogP contribution in [0.1, 0.15) is 20.8 Å². The number of aromatic nitrogens is 2. The number of halogens is 3. The summed E-state index contributed by atoms with van der Waals surface area (Å²) < 4.78 is 38.8. The molecule has 0 spiro atoms. The fourth-order valence-electron chi connectivity index (χ4n) is 1.45. The van der Waals surface area contributed by atoms with E-state index in [4.69, 9.17) is 5.11 Å². The van der Waals surface area contributed by atoms with Crippen LogP contribution in [0.4, 0.5) is 19.0 Å². The highest BCUT2D eigenvalue weighted by Gasteiger charge is 2.19. The van der Waals surface area contributed by atoms with Crippen LogP contribution >= 0.6 is 0 Å². The van der Waals surface area contributed by atoms with E-state index in [9.17, 15) is 22.8 Å². The zero-order valence-corrected chi connectivity index (χ0v) is 10.1. The van der Waals surface area contributed by atoms with E-state index in [0.29, 0.717) is 12.1 Å². The van der Waals surface area contributed by atoms with Crippen LogP contribution in [-0.2, 0) is 0 Å². The van der Waals surface area contributed by atoms with Gasteiger partial charge in [-0.15, -0.1) is 0 Å². The first-order valence-corrected chi connectivity index (χ1v) is 5.40. The van der Waals surface area contributed by atoms with Crippen molar-refractivity contribution in [2.45, 2.75) is 0 Å². The van der Waals surface area contributed by atoms with E-state index in [0.717, 1.165) is 12.4 Å². The predicted octanol–water partition coefficient (Wildman–Crippen LogP) is 1.84. The summed E-state index contributed by atoms with van der Waals surface area (Å²) in [5, 5.41) is 10.9. The number of carbonyl (C=O) groups is 2. The molecule has 0 aliphatic heterocycles. The Bertz CT molecular complexity index is 714. The molecular formula is C12H6F3N3O3. The van der Waals surface area contributed by atoms with Crippen LogP contribution in [0.5, 0.6) is 0 Å². The topological polar surface area (TPSA) is 92.2 Å². The van der Waals surface area contributed by atoms with Gasteiger partial charge < -0.3 is 10.4 Å². The largest absolute Gasteiger partial charge is 0.476 e. The van der Waals surface area contributed by atoms with Crippen LogP contribution in [0.2, 0.25) is 0 Å². The van der Waals surface area contributed by atoms with Gasteiger partial charge in [0.15, 0.2) is 29.0 Å². The number of anilines is 1. The van der Waals surface area contributed by atoms with Crippen LogP contribution < -0.4 is 5.32 Å². The van der Waals surface area contributed by atoms with Crippen molar-refractivity contribution < 1.29 is 27.9 Å². The maximum atomic E-state index is 13.0. The molecule has 0 radical (unpaired) electrons. The minimum atomic E-state index is -1.71. The van der Waals surface area contributed by atoms with Gasteiger partial charge in [-0.25, -0.2) is 27.9 Å². The third kappa shape index (κ3) is 2.96. The lowest BCUT2D eigenvalue weighted by molar-refractivity contribution is 0.0691. The molecule has 0 unspecified atom stereocenters. The summed E-state index contributed by atoms with van der Waals surface area (Å²) in [4.78, 5) is 29.7. The molecule has 2 N–H and O–H groups in total. The zero-order chi connectivity index (χ0) is 15.6. The van der Waals surface area contributed by atoms with E-state index >= 15 is 0 Å². The normalized spacial score (nSPS) is 10.2. The number of carbonyl (C=O) groups excluding carboxylic acids is 1. The monoisotopic (exact) mass is 297 g/mol. The lowest BCUT2D eigenvalue weighted by atomic mass is 10.2. The number of hydrogen-bond acceptors (Lipinski definition) is 4. The highest BCUT2D eigenvalue weighted by Crippen LogP contribution is 2.16. The molecule has 2 aromatic rings. The number of hydrogen-bond donors (Lipinski definition) is 2. The standard InChI is InChI=1S/C12H6F3N3O3/c13-6-3-5(4-7(14)8(6)15)11(19)18-10-9(12(20)21)16-1-2-17-10/h1-4H,(H,20,21)(H,17,18,19). The molecule has 108 valence electrons. The first kappa shape index (κ1) is 14.4. The Morgan fingerprint density at radius 1 is 1.05 bits per heavy atom. The first-order chi connectivity index (χ1) is 9.90. The highest BCUT2D eigenvalue weighted by atomic mass is 19.2. The van der Waals surface area contributed by atoms with Crippen molar-refractivity contribution >= 4 is 17.7 Å². The number of carboxylic acids is 1. The van der Waals surface area contributed by atoms with Gasteiger partial charge in [0.25, 0.3) is 5.91 Å². The highest BCUT2D eigenvalue weighted by molar-refractivity contribution is 6.06. The van der Waals surface area contributed by atoms with E-state index in [1.54, 1.807) is 0 Å². The molecule has 0 saturated heterocycles. The van der Waals surface area contributed by atoms with Crippen LogP contribution in [0.25, 0.3) is 0 Å². The Hall–Kier alpha value is -2.97. The number of nitrogens with one attached hydrogen (secondary N) is 1. The number of nitrogens with zero attached hydrogens (tertiary/aromatic N) is 2. The fraction of sp³-hybridized carbons (Fsp3) is 0. The fourth-order valence-corrected chi connectivity index (χ4v) is 1.45. The molecule has 0 atom stereocenters. The lowest BCUT2D eigenvalue weighted by Gasteiger charge is -2.07. The average molecular weight is 297 g/mol. The molecule has 21 heavy (non-hydrogen) atoms. The summed E-state index contributed by atoms with van der Waals surface area (Å²) in [5.74, 6) is -7.71. The van der Waals surface area contributed by atoms with Crippen LogP contribution in [0, 0.1) is 17.5 Å². The van der Waals surface area contributed by atoms with E-state index in [2.05, 4.69) is 9.97 Å². The number of carboxylic acid groups (broad SMARTS) is 1. The number of benzene rings is 1. The van der Waals surface area contributed by atoms with Crippen molar-refractivity contribution in [2.24, 2.45) is 0 Å². The predicted molar refractivity (Wildman–Crippen MR) is 63.3 cm³/mol. The molecule has 0 fully saturated rings. The van der Waals surface area contributed by atoms with Crippen molar-refractivity contribution in [1.29, 1.82) is 0 Å². The molecular weight excluding hydrogens is 291 g/mol. The van der Waals surface area contributed by atoms with Gasteiger partial charge in [-0.05, 0) is 12.1 Å². The molecule has 0 aliphatic carbocycles. The van der Waals surface area contributed by atoms with Gasteiger partial charge in [-0.3, -0.25) is 4.79 Å². The SMILES string of the molecule is O=C(Nc1nccnc1C(=O)O)c1cc(F)c(F)c(F)c1. The lowest BCUT2D eigenvalue weighted by Crippen LogP contribution is -2.17. The van der Waals surface area contributed by atoms with Crippen LogP contribution in [-0.4, -0.2) is 27.0 Å². The van der Waals surface area contributed by atoms with Gasteiger partial charge >= 0.3 is 5.97 Å². The summed E-state index contributed by atoms with van der Waals surface area (Å²) in [5.41, 5.74) is -1.08. The van der Waals surface area contributed by atoms with Crippen molar-refractivity contribution in [2.75, 3.05) is 5.32 Å². The molecule has 1 heterocycles. The summed E-state index contributed by atoms with van der Waals surface area (Å²) in [7, 11) is 0. The molecule has 1 amide bonds. The second kappa shape index (κ2) is 5.57. The van der Waals surface area contributed by atoms with Gasteiger partial charge in [0.1, 0.15) is 0 Å².